The van der Waals surface area contributed by atoms with Crippen LogP contribution in [0.3, 0.4) is 0 Å². The minimum Gasteiger partial charge on any atom is -0.496 e. The Morgan fingerprint density at radius 3 is 2.17 bits per heavy atom. The topological polar surface area (TPSA) is 124 Å². The van der Waals surface area contributed by atoms with Crippen LogP contribution in [0.2, 0.25) is 0 Å². The number of ether oxygens (including phenoxy) is 4. The summed E-state index contributed by atoms with van der Waals surface area (Å²) in [5.41, 5.74) is -0.288. The first kappa shape index (κ1) is 27.1. The van der Waals surface area contributed by atoms with Gasteiger partial charge in [0.05, 0.1) is 39.9 Å². The highest BCUT2D eigenvalue weighted by molar-refractivity contribution is 9.10. The largest absolute Gasteiger partial charge is 0.496 e. The lowest BCUT2D eigenvalue weighted by molar-refractivity contribution is -0.186. The molecule has 9 nitrogen and oxygen atoms in total. The number of alkyl carbamates (subject to hydrolysis) is 1. The van der Waals surface area contributed by atoms with Crippen molar-refractivity contribution >= 4 is 44.2 Å². The van der Waals surface area contributed by atoms with E-state index in [1.54, 1.807) is 0 Å². The number of hydrogen-bond acceptors (Lipinski definition) is 8. The predicted molar refractivity (Wildman–Crippen MR) is 110 cm³/mol. The van der Waals surface area contributed by atoms with E-state index in [9.17, 15) is 19.8 Å². The quantitative estimate of drug-likeness (QED) is 0.223. The standard InChI is InChI=1S/C13H14B2BrNO8.C4H10/c1-22-9-4-8(16)10(23-2)3-7(9)12(20,21)13(14,15)17-11(19)25-6-24-5-18;1-4(2)3/h3-5,20-21H,6H2,1-2H3,(H,17,19);4H,1-3H3. The molecule has 0 aromatic heterocycles. The molecule has 12 heteroatoms. The highest BCUT2D eigenvalue weighted by atomic mass is 79.9. The Bertz CT molecular complexity index is 683. The summed E-state index contributed by atoms with van der Waals surface area (Å²) in [5, 5.41) is 20.1. The molecule has 0 bridgehead atoms. The first-order valence-electron chi connectivity index (χ1n) is 8.28. The van der Waals surface area contributed by atoms with E-state index in [2.05, 4.69) is 46.2 Å². The average molecular weight is 472 g/mol. The first-order valence-corrected chi connectivity index (χ1v) is 9.08. The molecule has 1 rings (SSSR count). The number of carbonyl (C=O) groups excluding carboxylic acids is 2. The van der Waals surface area contributed by atoms with Crippen LogP contribution in [-0.4, -0.2) is 64.8 Å². The minimum absolute atomic E-state index is 0.00240. The third-order valence-corrected chi connectivity index (χ3v) is 3.68. The molecule has 1 amide bonds. The number of benzene rings is 1. The summed E-state index contributed by atoms with van der Waals surface area (Å²) in [6.45, 7) is 5.83. The van der Waals surface area contributed by atoms with Crippen molar-refractivity contribution in [3.63, 3.8) is 0 Å². The van der Waals surface area contributed by atoms with Crippen molar-refractivity contribution in [2.24, 2.45) is 5.92 Å². The molecular weight excluding hydrogens is 448 g/mol. The van der Waals surface area contributed by atoms with Crippen molar-refractivity contribution in [2.75, 3.05) is 21.0 Å². The zero-order valence-electron chi connectivity index (χ0n) is 16.9. The van der Waals surface area contributed by atoms with E-state index in [1.165, 1.54) is 26.4 Å². The molecular formula is C17H24B2BrNO8. The summed E-state index contributed by atoms with van der Waals surface area (Å²) in [5.74, 6) is -1.95. The molecule has 0 saturated heterocycles. The van der Waals surface area contributed by atoms with Crippen LogP contribution in [-0.2, 0) is 20.1 Å². The molecule has 0 fully saturated rings. The molecule has 0 heterocycles. The molecule has 0 aliphatic carbocycles. The Labute approximate surface area is 181 Å². The van der Waals surface area contributed by atoms with Gasteiger partial charge in [0, 0.05) is 5.34 Å². The lowest BCUT2D eigenvalue weighted by Crippen LogP contribution is -2.64. The monoisotopic (exact) mass is 471 g/mol. The maximum Gasteiger partial charge on any atom is 0.409 e. The van der Waals surface area contributed by atoms with Gasteiger partial charge in [-0.05, 0) is 34.0 Å². The summed E-state index contributed by atoms with van der Waals surface area (Å²) in [7, 11) is 13.9. The molecule has 1 aromatic carbocycles. The van der Waals surface area contributed by atoms with Crippen molar-refractivity contribution in [3.05, 3.63) is 22.2 Å². The van der Waals surface area contributed by atoms with Crippen molar-refractivity contribution < 1.29 is 38.7 Å². The lowest BCUT2D eigenvalue weighted by atomic mass is 9.55. The zero-order valence-corrected chi connectivity index (χ0v) is 18.5. The van der Waals surface area contributed by atoms with Gasteiger partial charge in [0.15, 0.2) is 5.79 Å². The summed E-state index contributed by atoms with van der Waals surface area (Å²) >= 11 is 3.21. The molecule has 0 saturated carbocycles. The minimum atomic E-state index is -3.00. The fourth-order valence-corrected chi connectivity index (χ4v) is 2.25. The zero-order chi connectivity index (χ0) is 22.8. The van der Waals surface area contributed by atoms with Gasteiger partial charge >= 0.3 is 6.09 Å². The van der Waals surface area contributed by atoms with Gasteiger partial charge in [0.25, 0.3) is 6.47 Å². The van der Waals surface area contributed by atoms with E-state index in [4.69, 9.17) is 25.2 Å². The number of hydrogen-bond donors (Lipinski definition) is 3. The molecule has 0 atom stereocenters. The van der Waals surface area contributed by atoms with Crippen molar-refractivity contribution in [1.82, 2.24) is 5.32 Å². The molecule has 1 aromatic rings. The number of rotatable bonds is 8. The number of halogens is 1. The second-order valence-electron chi connectivity index (χ2n) is 6.40. The summed E-state index contributed by atoms with van der Waals surface area (Å²) < 4.78 is 19.2. The Kier molecular flexibility index (Phi) is 11.2. The van der Waals surface area contributed by atoms with Crippen LogP contribution in [0.15, 0.2) is 16.6 Å². The lowest BCUT2D eigenvalue weighted by Gasteiger charge is -2.40. The fourth-order valence-electron chi connectivity index (χ4n) is 1.76. The van der Waals surface area contributed by atoms with Gasteiger partial charge in [-0.2, -0.15) is 0 Å². The Morgan fingerprint density at radius 1 is 1.21 bits per heavy atom. The second kappa shape index (κ2) is 11.9. The maximum atomic E-state index is 11.6. The third-order valence-electron chi connectivity index (χ3n) is 3.06. The molecule has 4 radical (unpaired) electrons. The first-order chi connectivity index (χ1) is 13.3. The third kappa shape index (κ3) is 8.15. The fraction of sp³-hybridized carbons (Fsp3) is 0.529. The van der Waals surface area contributed by atoms with Crippen molar-refractivity contribution in [3.8, 4) is 11.5 Å². The van der Waals surface area contributed by atoms with Crippen LogP contribution < -0.4 is 14.8 Å². The Hall–Kier alpha value is -1.91. The highest BCUT2D eigenvalue weighted by Gasteiger charge is 2.46. The normalized spacial score (nSPS) is 11.1. The predicted octanol–water partition coefficient (Wildman–Crippen LogP) is 1.11. The van der Waals surface area contributed by atoms with Crippen LogP contribution in [0.25, 0.3) is 0 Å². The molecule has 3 N–H and O–H groups in total. The number of amides is 1. The number of nitrogens with one attached hydrogen (secondary N) is 1. The number of carbonyl (C=O) groups is 2. The van der Waals surface area contributed by atoms with Crippen LogP contribution in [0.1, 0.15) is 26.3 Å². The van der Waals surface area contributed by atoms with E-state index >= 15 is 0 Å². The van der Waals surface area contributed by atoms with E-state index in [1.807, 2.05) is 5.32 Å². The SMILES string of the molecule is CC(C)C.[B]C([B])(NC(=O)OCOC=O)C(O)(O)c1cc(OC)c(Br)cc1OC. The van der Waals surface area contributed by atoms with E-state index in [-0.39, 0.29) is 23.5 Å². The van der Waals surface area contributed by atoms with Gasteiger partial charge < -0.3 is 34.5 Å². The summed E-state index contributed by atoms with van der Waals surface area (Å²) in [6, 6.07) is 2.60. The van der Waals surface area contributed by atoms with E-state index in [0.717, 1.165) is 5.92 Å². The van der Waals surface area contributed by atoms with E-state index in [0.29, 0.717) is 4.47 Å². The van der Waals surface area contributed by atoms with Crippen LogP contribution in [0.5, 0.6) is 11.5 Å². The van der Waals surface area contributed by atoms with Gasteiger partial charge in [-0.1, -0.05) is 20.8 Å². The van der Waals surface area contributed by atoms with Crippen LogP contribution in [0.4, 0.5) is 4.79 Å². The highest BCUT2D eigenvalue weighted by Crippen LogP contribution is 2.40. The van der Waals surface area contributed by atoms with Crippen molar-refractivity contribution in [2.45, 2.75) is 31.9 Å². The molecule has 0 aliphatic rings. The van der Waals surface area contributed by atoms with Crippen molar-refractivity contribution in [1.29, 1.82) is 0 Å². The molecule has 29 heavy (non-hydrogen) atoms. The average Bonchev–Trinajstić information content (AvgIpc) is 2.60. The van der Waals surface area contributed by atoms with Crippen LogP contribution >= 0.6 is 15.9 Å². The van der Waals surface area contributed by atoms with Gasteiger partial charge in [0.2, 0.25) is 6.79 Å². The Morgan fingerprint density at radius 2 is 1.72 bits per heavy atom. The number of methoxy groups -OCH3 is 2. The van der Waals surface area contributed by atoms with Gasteiger partial charge in [-0.3, -0.25) is 4.79 Å². The molecule has 158 valence electrons. The Balaban J connectivity index is 0.00000178. The van der Waals surface area contributed by atoms with Gasteiger partial charge in [-0.15, -0.1) is 0 Å². The van der Waals surface area contributed by atoms with Gasteiger partial charge in [-0.25, -0.2) is 4.79 Å². The summed E-state index contributed by atoms with van der Waals surface area (Å²) in [4.78, 5) is 21.5. The van der Waals surface area contributed by atoms with Gasteiger partial charge in [0.1, 0.15) is 11.5 Å². The maximum absolute atomic E-state index is 11.6. The second-order valence-corrected chi connectivity index (χ2v) is 7.25. The van der Waals surface area contributed by atoms with E-state index < -0.39 is 24.0 Å². The molecule has 0 unspecified atom stereocenters. The molecule has 0 spiro atoms. The molecule has 0 aliphatic heterocycles. The number of aliphatic hydroxyl groups is 2. The smallest absolute Gasteiger partial charge is 0.409 e. The summed E-state index contributed by atoms with van der Waals surface area (Å²) in [6.07, 6.45) is -1.26. The van der Waals surface area contributed by atoms with Crippen LogP contribution in [0, 0.1) is 5.92 Å².